The summed E-state index contributed by atoms with van der Waals surface area (Å²) < 4.78 is 15.0. The van der Waals surface area contributed by atoms with Gasteiger partial charge in [-0.25, -0.2) is 19.3 Å². The first kappa shape index (κ1) is 29.4. The van der Waals surface area contributed by atoms with E-state index < -0.39 is 54.2 Å². The molecule has 0 spiro atoms. The van der Waals surface area contributed by atoms with Gasteiger partial charge in [0, 0.05) is 7.05 Å². The number of carbonyl (C=O) groups is 5. The van der Waals surface area contributed by atoms with Crippen LogP contribution >= 0.6 is 0 Å². The first-order chi connectivity index (χ1) is 16.2. The van der Waals surface area contributed by atoms with Crippen LogP contribution in [0.25, 0.3) is 0 Å². The maximum Gasteiger partial charge on any atom is 0.417 e. The van der Waals surface area contributed by atoms with E-state index in [-0.39, 0.29) is 13.2 Å². The number of imide groups is 1. The van der Waals surface area contributed by atoms with Gasteiger partial charge in [-0.05, 0) is 33.3 Å². The highest BCUT2D eigenvalue weighted by Gasteiger charge is 2.33. The summed E-state index contributed by atoms with van der Waals surface area (Å²) in [5, 5.41) is 2.35. The first-order valence-electron chi connectivity index (χ1n) is 10.8. The molecule has 194 valence electrons. The van der Waals surface area contributed by atoms with Crippen molar-refractivity contribution in [3.8, 4) is 0 Å². The summed E-state index contributed by atoms with van der Waals surface area (Å²) in [6, 6.07) is 6.57. The Kier molecular flexibility index (Phi) is 11.1. The summed E-state index contributed by atoms with van der Waals surface area (Å²) >= 11 is 0. The van der Waals surface area contributed by atoms with Crippen LogP contribution in [-0.4, -0.2) is 84.7 Å². The zero-order valence-corrected chi connectivity index (χ0v) is 20.9. The van der Waals surface area contributed by atoms with E-state index in [0.29, 0.717) is 4.90 Å². The molecule has 0 saturated carbocycles. The third kappa shape index (κ3) is 10.4. The van der Waals surface area contributed by atoms with Crippen molar-refractivity contribution in [1.82, 2.24) is 15.1 Å². The molecule has 1 aromatic rings. The van der Waals surface area contributed by atoms with Crippen molar-refractivity contribution < 1.29 is 38.2 Å². The van der Waals surface area contributed by atoms with Crippen LogP contribution in [0.4, 0.5) is 9.59 Å². The number of likely N-dealkylation sites (N-methyl/N-ethyl adjacent to an activating group) is 1. The average molecular weight is 495 g/mol. The molecule has 0 radical (unpaired) electrons. The van der Waals surface area contributed by atoms with Crippen molar-refractivity contribution in [1.29, 1.82) is 0 Å². The summed E-state index contributed by atoms with van der Waals surface area (Å²) in [6.07, 6.45) is -1.93. The van der Waals surface area contributed by atoms with Gasteiger partial charge in [-0.15, -0.1) is 0 Å². The zero-order valence-electron chi connectivity index (χ0n) is 20.9. The molecular formula is C23H34N4O8. The minimum atomic E-state index is -1.27. The Bertz CT molecular complexity index is 899. The van der Waals surface area contributed by atoms with E-state index in [1.54, 1.807) is 45.0 Å². The van der Waals surface area contributed by atoms with Gasteiger partial charge < -0.3 is 30.2 Å². The lowest BCUT2D eigenvalue weighted by Gasteiger charge is -2.29. The van der Waals surface area contributed by atoms with Gasteiger partial charge in [0.15, 0.2) is 0 Å². The Labute approximate surface area is 204 Å². The molecule has 0 aliphatic heterocycles. The number of ether oxygens (including phenoxy) is 3. The fourth-order valence-electron chi connectivity index (χ4n) is 2.66. The number of nitrogens with zero attached hydrogens (tertiary/aromatic N) is 2. The molecule has 0 unspecified atom stereocenters. The highest BCUT2D eigenvalue weighted by molar-refractivity contribution is 5.98. The number of nitrogens with two attached hydrogens (primary N) is 1. The monoisotopic (exact) mass is 494 g/mol. The molecule has 0 aromatic heterocycles. The summed E-state index contributed by atoms with van der Waals surface area (Å²) in [7, 11) is 2.46. The first-order valence-corrected chi connectivity index (χ1v) is 10.8. The summed E-state index contributed by atoms with van der Waals surface area (Å²) in [5.74, 6) is -2.34. The fraction of sp³-hybridized carbons (Fsp3) is 0.522. The van der Waals surface area contributed by atoms with Crippen LogP contribution < -0.4 is 11.1 Å². The number of hydrogen-bond donors (Lipinski definition) is 2. The van der Waals surface area contributed by atoms with Gasteiger partial charge in [0.1, 0.15) is 24.8 Å². The lowest BCUT2D eigenvalue weighted by atomic mass is 10.2. The summed E-state index contributed by atoms with van der Waals surface area (Å²) in [4.78, 5) is 63.7. The van der Waals surface area contributed by atoms with Gasteiger partial charge in [-0.3, -0.25) is 9.59 Å². The Morgan fingerprint density at radius 3 is 2.20 bits per heavy atom. The second-order valence-corrected chi connectivity index (χ2v) is 8.75. The van der Waals surface area contributed by atoms with E-state index in [1.165, 1.54) is 14.0 Å². The number of nitrogens with one attached hydrogen (secondary N) is 1. The molecule has 0 aliphatic rings. The maximum atomic E-state index is 12.8. The van der Waals surface area contributed by atoms with Crippen molar-refractivity contribution in [2.45, 2.75) is 52.0 Å². The lowest BCUT2D eigenvalue weighted by molar-refractivity contribution is -0.145. The Morgan fingerprint density at radius 1 is 1.09 bits per heavy atom. The second kappa shape index (κ2) is 13.3. The van der Waals surface area contributed by atoms with E-state index in [0.717, 1.165) is 17.6 Å². The minimum Gasteiger partial charge on any atom is -0.467 e. The van der Waals surface area contributed by atoms with Crippen molar-refractivity contribution in [3.63, 3.8) is 0 Å². The number of benzene rings is 1. The normalized spacial score (nSPS) is 12.5. The highest BCUT2D eigenvalue weighted by atomic mass is 16.6. The van der Waals surface area contributed by atoms with E-state index in [9.17, 15) is 24.0 Å². The lowest BCUT2D eigenvalue weighted by Crippen LogP contribution is -2.54. The Balaban J connectivity index is 2.85. The highest BCUT2D eigenvalue weighted by Crippen LogP contribution is 2.11. The minimum absolute atomic E-state index is 0.0282. The van der Waals surface area contributed by atoms with Crippen molar-refractivity contribution in [3.05, 3.63) is 35.9 Å². The standard InChI is InChI=1S/C23H34N4O8/c1-15(24)19(29)27(22(32)35-23(2,3)4)13-18(28)26(5)12-17(20(30)33-6)25-21(31)34-14-16-10-8-7-9-11-16/h7-11,15,17H,12-14,24H2,1-6H3,(H,25,31)/t15-,17-/m0/s1. The van der Waals surface area contributed by atoms with Crippen LogP contribution in [0.1, 0.15) is 33.3 Å². The van der Waals surface area contributed by atoms with E-state index in [1.807, 2.05) is 6.07 Å². The van der Waals surface area contributed by atoms with Crippen LogP contribution in [0.3, 0.4) is 0 Å². The predicted molar refractivity (Wildman–Crippen MR) is 125 cm³/mol. The molecule has 3 N–H and O–H groups in total. The maximum absolute atomic E-state index is 12.8. The number of hydrogen-bond acceptors (Lipinski definition) is 9. The molecule has 35 heavy (non-hydrogen) atoms. The molecule has 0 heterocycles. The Hall–Kier alpha value is -3.67. The van der Waals surface area contributed by atoms with Gasteiger partial charge in [0.05, 0.1) is 19.7 Å². The van der Waals surface area contributed by atoms with E-state index >= 15 is 0 Å². The van der Waals surface area contributed by atoms with Crippen LogP contribution in [0.2, 0.25) is 0 Å². The molecule has 1 aromatic carbocycles. The van der Waals surface area contributed by atoms with Crippen LogP contribution in [0.15, 0.2) is 30.3 Å². The largest absolute Gasteiger partial charge is 0.467 e. The molecule has 1 rings (SSSR count). The molecule has 0 fully saturated rings. The molecular weight excluding hydrogens is 460 g/mol. The predicted octanol–water partition coefficient (Wildman–Crippen LogP) is 1.02. The number of alkyl carbamates (subject to hydrolysis) is 1. The van der Waals surface area contributed by atoms with Gasteiger partial charge in [-0.2, -0.15) is 0 Å². The Morgan fingerprint density at radius 2 is 1.69 bits per heavy atom. The number of amides is 4. The average Bonchev–Trinajstić information content (AvgIpc) is 2.78. The summed E-state index contributed by atoms with van der Waals surface area (Å²) in [5.41, 5.74) is 5.43. The van der Waals surface area contributed by atoms with Gasteiger partial charge in [0.2, 0.25) is 11.8 Å². The fourth-order valence-corrected chi connectivity index (χ4v) is 2.66. The molecule has 2 atom stereocenters. The number of rotatable bonds is 9. The molecule has 0 aliphatic carbocycles. The topological polar surface area (TPSA) is 158 Å². The van der Waals surface area contributed by atoms with Crippen molar-refractivity contribution >= 4 is 30.0 Å². The van der Waals surface area contributed by atoms with Crippen LogP contribution in [-0.2, 0) is 35.2 Å². The molecule has 4 amide bonds. The number of esters is 1. The van der Waals surface area contributed by atoms with E-state index in [4.69, 9.17) is 19.9 Å². The third-order valence-electron chi connectivity index (χ3n) is 4.44. The summed E-state index contributed by atoms with van der Waals surface area (Å²) in [6.45, 7) is 5.16. The quantitative estimate of drug-likeness (QED) is 0.378. The van der Waals surface area contributed by atoms with E-state index in [2.05, 4.69) is 5.32 Å². The van der Waals surface area contributed by atoms with Crippen LogP contribution in [0.5, 0.6) is 0 Å². The van der Waals surface area contributed by atoms with Crippen LogP contribution in [0, 0.1) is 0 Å². The molecule has 0 saturated heterocycles. The smallest absolute Gasteiger partial charge is 0.417 e. The number of methoxy groups -OCH3 is 1. The van der Waals surface area contributed by atoms with Gasteiger partial charge >= 0.3 is 18.2 Å². The van der Waals surface area contributed by atoms with Gasteiger partial charge in [0.25, 0.3) is 0 Å². The molecule has 12 heteroatoms. The molecule has 12 nitrogen and oxygen atoms in total. The SMILES string of the molecule is COC(=O)[C@H](CN(C)C(=O)CN(C(=O)OC(C)(C)C)C(=O)[C@H](C)N)NC(=O)OCc1ccccc1. The zero-order chi connectivity index (χ0) is 26.8. The van der Waals surface area contributed by atoms with Gasteiger partial charge in [-0.1, -0.05) is 30.3 Å². The molecule has 0 bridgehead atoms. The van der Waals surface area contributed by atoms with Crippen molar-refractivity contribution in [2.75, 3.05) is 27.2 Å². The second-order valence-electron chi connectivity index (χ2n) is 8.75. The van der Waals surface area contributed by atoms with Crippen molar-refractivity contribution in [2.24, 2.45) is 5.73 Å². The third-order valence-corrected chi connectivity index (χ3v) is 4.44. The number of carbonyl (C=O) groups excluding carboxylic acids is 5.